The Morgan fingerprint density at radius 3 is 2.19 bits per heavy atom. The summed E-state index contributed by atoms with van der Waals surface area (Å²) < 4.78 is 0. The molecule has 0 aromatic carbocycles. The highest BCUT2D eigenvalue weighted by Crippen LogP contribution is 2.28. The van der Waals surface area contributed by atoms with E-state index >= 15 is 0 Å². The summed E-state index contributed by atoms with van der Waals surface area (Å²) in [5.41, 5.74) is 0. The van der Waals surface area contributed by atoms with Crippen molar-refractivity contribution in [2.24, 2.45) is 11.8 Å². The van der Waals surface area contributed by atoms with Crippen molar-refractivity contribution in [3.05, 3.63) is 0 Å². The Labute approximate surface area is 97.2 Å². The van der Waals surface area contributed by atoms with Gasteiger partial charge in [0.25, 0.3) is 0 Å². The predicted molar refractivity (Wildman–Crippen MR) is 62.8 cm³/mol. The maximum absolute atomic E-state index is 11.6. The molecule has 0 radical (unpaired) electrons. The summed E-state index contributed by atoms with van der Waals surface area (Å²) in [5.74, 6) is 0.594. The van der Waals surface area contributed by atoms with Crippen LogP contribution < -0.4 is 10.6 Å². The summed E-state index contributed by atoms with van der Waals surface area (Å²) in [5, 5.41) is 5.67. The number of hydrogen-bond acceptors (Lipinski definition) is 2. The topological polar surface area (TPSA) is 58.2 Å². The second-order valence-electron chi connectivity index (χ2n) is 4.37. The first-order valence-corrected chi connectivity index (χ1v) is 6.24. The minimum atomic E-state index is 0.102. The molecule has 0 atom stereocenters. The van der Waals surface area contributed by atoms with Crippen molar-refractivity contribution in [2.75, 3.05) is 13.1 Å². The maximum Gasteiger partial charge on any atom is 0.223 e. The van der Waals surface area contributed by atoms with E-state index < -0.39 is 0 Å². The Morgan fingerprint density at radius 2 is 1.69 bits per heavy atom. The normalized spacial score (nSPS) is 14.9. The average molecular weight is 226 g/mol. The van der Waals surface area contributed by atoms with Crippen molar-refractivity contribution < 1.29 is 9.59 Å². The molecule has 0 saturated heterocycles. The van der Waals surface area contributed by atoms with E-state index in [1.165, 1.54) is 0 Å². The SMILES string of the molecule is CCC(CC)C(=O)NCCNC(=O)C1CC1. The van der Waals surface area contributed by atoms with Gasteiger partial charge in [0.15, 0.2) is 0 Å². The molecule has 0 aliphatic heterocycles. The van der Waals surface area contributed by atoms with E-state index in [2.05, 4.69) is 10.6 Å². The van der Waals surface area contributed by atoms with Crippen molar-refractivity contribution >= 4 is 11.8 Å². The third-order valence-electron chi connectivity index (χ3n) is 3.03. The van der Waals surface area contributed by atoms with Crippen molar-refractivity contribution in [2.45, 2.75) is 39.5 Å². The average Bonchev–Trinajstić information content (AvgIpc) is 3.09. The number of hydrogen-bond donors (Lipinski definition) is 2. The zero-order valence-corrected chi connectivity index (χ0v) is 10.2. The Bertz CT molecular complexity index is 245. The molecule has 1 rings (SSSR count). The van der Waals surface area contributed by atoms with Gasteiger partial charge in [-0.2, -0.15) is 0 Å². The lowest BCUT2D eigenvalue weighted by molar-refractivity contribution is -0.126. The van der Waals surface area contributed by atoms with Crippen molar-refractivity contribution in [3.63, 3.8) is 0 Å². The first-order valence-electron chi connectivity index (χ1n) is 6.24. The molecule has 0 unspecified atom stereocenters. The summed E-state index contributed by atoms with van der Waals surface area (Å²) in [6, 6.07) is 0. The van der Waals surface area contributed by atoms with Gasteiger partial charge in [-0.3, -0.25) is 9.59 Å². The number of amides is 2. The van der Waals surface area contributed by atoms with E-state index in [0.717, 1.165) is 25.7 Å². The molecule has 0 heterocycles. The largest absolute Gasteiger partial charge is 0.354 e. The molecule has 0 spiro atoms. The highest BCUT2D eigenvalue weighted by atomic mass is 16.2. The Hall–Kier alpha value is -1.06. The molecule has 4 nitrogen and oxygen atoms in total. The van der Waals surface area contributed by atoms with Gasteiger partial charge in [-0.05, 0) is 25.7 Å². The van der Waals surface area contributed by atoms with Crippen LogP contribution in [-0.2, 0) is 9.59 Å². The van der Waals surface area contributed by atoms with Crippen molar-refractivity contribution in [1.29, 1.82) is 0 Å². The number of nitrogens with one attached hydrogen (secondary N) is 2. The van der Waals surface area contributed by atoms with Crippen LogP contribution in [0.4, 0.5) is 0 Å². The van der Waals surface area contributed by atoms with Crippen molar-refractivity contribution in [3.8, 4) is 0 Å². The van der Waals surface area contributed by atoms with Crippen LogP contribution in [-0.4, -0.2) is 24.9 Å². The first-order chi connectivity index (χ1) is 7.69. The lowest BCUT2D eigenvalue weighted by Crippen LogP contribution is -2.37. The van der Waals surface area contributed by atoms with Crippen LogP contribution in [0.15, 0.2) is 0 Å². The fraction of sp³-hybridized carbons (Fsp3) is 0.833. The van der Waals surface area contributed by atoms with E-state index in [4.69, 9.17) is 0 Å². The van der Waals surface area contributed by atoms with Gasteiger partial charge >= 0.3 is 0 Å². The molecule has 1 aliphatic carbocycles. The smallest absolute Gasteiger partial charge is 0.223 e. The number of carbonyl (C=O) groups is 2. The lowest BCUT2D eigenvalue weighted by Gasteiger charge is -2.12. The van der Waals surface area contributed by atoms with Crippen LogP contribution in [0.2, 0.25) is 0 Å². The van der Waals surface area contributed by atoms with E-state index in [9.17, 15) is 9.59 Å². The molecule has 2 N–H and O–H groups in total. The summed E-state index contributed by atoms with van der Waals surface area (Å²) in [4.78, 5) is 22.8. The van der Waals surface area contributed by atoms with Crippen molar-refractivity contribution in [1.82, 2.24) is 10.6 Å². The molecule has 16 heavy (non-hydrogen) atoms. The van der Waals surface area contributed by atoms with Crippen LogP contribution >= 0.6 is 0 Å². The van der Waals surface area contributed by atoms with Gasteiger partial charge in [0.1, 0.15) is 0 Å². The van der Waals surface area contributed by atoms with Crippen LogP contribution in [0.3, 0.4) is 0 Å². The van der Waals surface area contributed by atoms with E-state index in [0.29, 0.717) is 13.1 Å². The fourth-order valence-corrected chi connectivity index (χ4v) is 1.67. The van der Waals surface area contributed by atoms with E-state index in [1.54, 1.807) is 0 Å². The number of rotatable bonds is 7. The quantitative estimate of drug-likeness (QED) is 0.638. The molecule has 1 saturated carbocycles. The Kier molecular flexibility index (Phi) is 5.29. The lowest BCUT2D eigenvalue weighted by atomic mass is 10.0. The van der Waals surface area contributed by atoms with Gasteiger partial charge in [0, 0.05) is 24.9 Å². The molecular formula is C12H22N2O2. The van der Waals surface area contributed by atoms with Crippen LogP contribution in [0, 0.1) is 11.8 Å². The van der Waals surface area contributed by atoms with Crippen LogP contribution in [0.5, 0.6) is 0 Å². The summed E-state index contributed by atoms with van der Waals surface area (Å²) >= 11 is 0. The summed E-state index contributed by atoms with van der Waals surface area (Å²) in [7, 11) is 0. The molecule has 0 aromatic rings. The van der Waals surface area contributed by atoms with Gasteiger partial charge in [-0.1, -0.05) is 13.8 Å². The van der Waals surface area contributed by atoms with Gasteiger partial charge in [0.05, 0.1) is 0 Å². The monoisotopic (exact) mass is 226 g/mol. The minimum absolute atomic E-state index is 0.102. The van der Waals surface area contributed by atoms with Gasteiger partial charge in [0.2, 0.25) is 11.8 Å². The Morgan fingerprint density at radius 1 is 1.12 bits per heavy atom. The molecule has 92 valence electrons. The maximum atomic E-state index is 11.6. The first kappa shape index (κ1) is 13.0. The third-order valence-corrected chi connectivity index (χ3v) is 3.03. The minimum Gasteiger partial charge on any atom is -0.354 e. The third kappa shape index (κ3) is 4.21. The van der Waals surface area contributed by atoms with Gasteiger partial charge in [-0.25, -0.2) is 0 Å². The highest BCUT2D eigenvalue weighted by Gasteiger charge is 2.29. The highest BCUT2D eigenvalue weighted by molar-refractivity contribution is 5.81. The standard InChI is InChI=1S/C12H22N2O2/c1-3-9(4-2)11(15)13-7-8-14-12(16)10-5-6-10/h9-10H,3-8H2,1-2H3,(H,13,15)(H,14,16). The van der Waals surface area contributed by atoms with E-state index in [-0.39, 0.29) is 23.7 Å². The molecule has 0 bridgehead atoms. The zero-order valence-electron chi connectivity index (χ0n) is 10.2. The van der Waals surface area contributed by atoms with E-state index in [1.807, 2.05) is 13.8 Å². The predicted octanol–water partition coefficient (Wildman–Crippen LogP) is 1.06. The van der Waals surface area contributed by atoms with Gasteiger partial charge in [-0.15, -0.1) is 0 Å². The molecule has 4 heteroatoms. The number of carbonyl (C=O) groups excluding carboxylic acids is 2. The Balaban J connectivity index is 2.05. The second-order valence-corrected chi connectivity index (χ2v) is 4.37. The summed E-state index contributed by atoms with van der Waals surface area (Å²) in [6.07, 6.45) is 3.78. The fourth-order valence-electron chi connectivity index (χ4n) is 1.67. The van der Waals surface area contributed by atoms with Crippen LogP contribution in [0.25, 0.3) is 0 Å². The molecule has 1 aliphatic rings. The van der Waals surface area contributed by atoms with Gasteiger partial charge < -0.3 is 10.6 Å². The molecule has 1 fully saturated rings. The molecule has 0 aromatic heterocycles. The zero-order chi connectivity index (χ0) is 12.0. The molecular weight excluding hydrogens is 204 g/mol. The summed E-state index contributed by atoms with van der Waals surface area (Å²) in [6.45, 7) is 5.11. The second kappa shape index (κ2) is 6.51. The molecule has 2 amide bonds. The van der Waals surface area contributed by atoms with Crippen LogP contribution in [0.1, 0.15) is 39.5 Å².